The summed E-state index contributed by atoms with van der Waals surface area (Å²) in [5.74, 6) is -0.434. The summed E-state index contributed by atoms with van der Waals surface area (Å²) in [6.07, 6.45) is 8.74. The average molecular weight is 419 g/mol. The van der Waals surface area contributed by atoms with Crippen molar-refractivity contribution < 1.29 is 5.11 Å². The molecule has 0 aliphatic carbocycles. The first-order chi connectivity index (χ1) is 15.1. The van der Waals surface area contributed by atoms with Crippen LogP contribution in [0.25, 0.3) is 5.69 Å². The lowest BCUT2D eigenvalue weighted by Crippen LogP contribution is -2.32. The van der Waals surface area contributed by atoms with Gasteiger partial charge in [0.15, 0.2) is 0 Å². The highest BCUT2D eigenvalue weighted by Gasteiger charge is 2.23. The third-order valence-corrected chi connectivity index (χ3v) is 5.60. The van der Waals surface area contributed by atoms with E-state index in [4.69, 9.17) is 0 Å². The molecule has 160 valence electrons. The number of rotatable bonds is 5. The fourth-order valence-corrected chi connectivity index (χ4v) is 3.87. The van der Waals surface area contributed by atoms with Crippen molar-refractivity contribution in [2.24, 2.45) is 5.10 Å². The molecule has 31 heavy (non-hydrogen) atoms. The SMILES string of the molecule is CCc1ccc(-n2c(O)c(/C=N/N3CCCCC3c3cccnc3)c(=O)[nH]c2=O)cc1. The fourth-order valence-electron chi connectivity index (χ4n) is 3.87. The predicted molar refractivity (Wildman–Crippen MR) is 119 cm³/mol. The van der Waals surface area contributed by atoms with Gasteiger partial charge in [-0.3, -0.25) is 19.8 Å². The highest BCUT2D eigenvalue weighted by molar-refractivity contribution is 5.82. The topological polar surface area (TPSA) is 104 Å². The number of H-pyrrole nitrogens is 1. The van der Waals surface area contributed by atoms with E-state index in [-0.39, 0.29) is 11.6 Å². The maximum absolute atomic E-state index is 12.4. The van der Waals surface area contributed by atoms with Crippen LogP contribution in [0.1, 0.15) is 48.9 Å². The third kappa shape index (κ3) is 4.28. The third-order valence-electron chi connectivity index (χ3n) is 5.60. The smallest absolute Gasteiger partial charge is 0.335 e. The van der Waals surface area contributed by atoms with E-state index in [1.807, 2.05) is 42.4 Å². The maximum Gasteiger partial charge on any atom is 0.335 e. The molecule has 0 spiro atoms. The number of hydrogen-bond acceptors (Lipinski definition) is 6. The van der Waals surface area contributed by atoms with Crippen LogP contribution in [0.4, 0.5) is 0 Å². The predicted octanol–water partition coefficient (Wildman–Crippen LogP) is 2.75. The number of piperidine rings is 1. The molecule has 1 fully saturated rings. The quantitative estimate of drug-likeness (QED) is 0.619. The Morgan fingerprint density at radius 3 is 2.74 bits per heavy atom. The molecule has 1 aliphatic heterocycles. The van der Waals surface area contributed by atoms with Crippen LogP contribution in [-0.4, -0.2) is 37.4 Å². The van der Waals surface area contributed by atoms with Gasteiger partial charge in [-0.25, -0.2) is 9.36 Å². The number of aryl methyl sites for hydroxylation is 1. The molecule has 1 saturated heterocycles. The number of aromatic amines is 1. The van der Waals surface area contributed by atoms with Crippen molar-refractivity contribution in [2.75, 3.05) is 6.54 Å². The van der Waals surface area contributed by atoms with Crippen LogP contribution in [0.5, 0.6) is 5.88 Å². The molecule has 3 aromatic rings. The van der Waals surface area contributed by atoms with Crippen molar-refractivity contribution in [1.29, 1.82) is 0 Å². The molecule has 0 radical (unpaired) electrons. The molecule has 1 atom stereocenters. The molecule has 0 saturated carbocycles. The van der Waals surface area contributed by atoms with Crippen molar-refractivity contribution in [2.45, 2.75) is 38.6 Å². The van der Waals surface area contributed by atoms with Crippen molar-refractivity contribution in [3.05, 3.63) is 86.3 Å². The van der Waals surface area contributed by atoms with Gasteiger partial charge < -0.3 is 5.11 Å². The van der Waals surface area contributed by atoms with Gasteiger partial charge in [-0.05, 0) is 55.0 Å². The molecule has 8 heteroatoms. The molecule has 1 unspecified atom stereocenters. The van der Waals surface area contributed by atoms with E-state index < -0.39 is 17.1 Å². The van der Waals surface area contributed by atoms with E-state index >= 15 is 0 Å². The molecule has 2 aromatic heterocycles. The van der Waals surface area contributed by atoms with E-state index in [2.05, 4.69) is 15.1 Å². The first kappa shape index (κ1) is 20.6. The van der Waals surface area contributed by atoms with Crippen LogP contribution in [0, 0.1) is 0 Å². The van der Waals surface area contributed by atoms with Crippen molar-refractivity contribution in [1.82, 2.24) is 19.5 Å². The van der Waals surface area contributed by atoms with Gasteiger partial charge in [0.2, 0.25) is 5.88 Å². The normalized spacial score (nSPS) is 16.7. The number of nitrogens with zero attached hydrogens (tertiary/aromatic N) is 4. The van der Waals surface area contributed by atoms with Crippen LogP contribution in [0.2, 0.25) is 0 Å². The molecule has 1 aliphatic rings. The van der Waals surface area contributed by atoms with Gasteiger partial charge in [-0.15, -0.1) is 0 Å². The zero-order valence-corrected chi connectivity index (χ0v) is 17.4. The molecule has 0 amide bonds. The summed E-state index contributed by atoms with van der Waals surface area (Å²) >= 11 is 0. The minimum atomic E-state index is -0.699. The maximum atomic E-state index is 12.4. The lowest BCUT2D eigenvalue weighted by Gasteiger charge is -2.33. The first-order valence-corrected chi connectivity index (χ1v) is 10.5. The second-order valence-corrected chi connectivity index (χ2v) is 7.56. The van der Waals surface area contributed by atoms with Crippen LogP contribution >= 0.6 is 0 Å². The van der Waals surface area contributed by atoms with E-state index in [1.165, 1.54) is 6.21 Å². The van der Waals surface area contributed by atoms with Gasteiger partial charge in [0.1, 0.15) is 5.56 Å². The minimum absolute atomic E-state index is 0.0485. The second-order valence-electron chi connectivity index (χ2n) is 7.56. The van der Waals surface area contributed by atoms with Crippen LogP contribution < -0.4 is 11.2 Å². The van der Waals surface area contributed by atoms with Gasteiger partial charge in [0.05, 0.1) is 17.9 Å². The Balaban J connectivity index is 1.70. The van der Waals surface area contributed by atoms with Gasteiger partial charge in [0.25, 0.3) is 5.56 Å². The molecule has 0 bridgehead atoms. The molecular weight excluding hydrogens is 394 g/mol. The summed E-state index contributed by atoms with van der Waals surface area (Å²) in [4.78, 5) is 31.3. The zero-order valence-electron chi connectivity index (χ0n) is 17.4. The summed E-state index contributed by atoms with van der Waals surface area (Å²) in [5, 5.41) is 17.2. The van der Waals surface area contributed by atoms with E-state index in [0.717, 1.165) is 47.9 Å². The zero-order chi connectivity index (χ0) is 21.8. The van der Waals surface area contributed by atoms with Crippen LogP contribution in [0.15, 0.2) is 63.5 Å². The van der Waals surface area contributed by atoms with Gasteiger partial charge in [-0.2, -0.15) is 5.10 Å². The van der Waals surface area contributed by atoms with Crippen LogP contribution in [0.3, 0.4) is 0 Å². The van der Waals surface area contributed by atoms with Crippen molar-refractivity contribution >= 4 is 6.21 Å². The molecule has 4 rings (SSSR count). The van der Waals surface area contributed by atoms with Gasteiger partial charge in [-0.1, -0.05) is 25.1 Å². The highest BCUT2D eigenvalue weighted by atomic mass is 16.3. The molecular formula is C23H25N5O3. The van der Waals surface area contributed by atoms with E-state index in [9.17, 15) is 14.7 Å². The first-order valence-electron chi connectivity index (χ1n) is 10.5. The van der Waals surface area contributed by atoms with Crippen LogP contribution in [-0.2, 0) is 6.42 Å². The number of hydrogen-bond donors (Lipinski definition) is 2. The van der Waals surface area contributed by atoms with Gasteiger partial charge >= 0.3 is 5.69 Å². The summed E-state index contributed by atoms with van der Waals surface area (Å²) in [6, 6.07) is 11.2. The Morgan fingerprint density at radius 2 is 2.03 bits per heavy atom. The second kappa shape index (κ2) is 8.99. The number of benzene rings is 1. The molecule has 8 nitrogen and oxygen atoms in total. The average Bonchev–Trinajstić information content (AvgIpc) is 2.80. The largest absolute Gasteiger partial charge is 0.493 e. The number of hydrazone groups is 1. The number of aromatic hydroxyl groups is 1. The minimum Gasteiger partial charge on any atom is -0.493 e. The van der Waals surface area contributed by atoms with E-state index in [0.29, 0.717) is 5.69 Å². The summed E-state index contributed by atoms with van der Waals surface area (Å²) in [5.41, 5.74) is 1.19. The Bertz CT molecular complexity index is 1180. The highest BCUT2D eigenvalue weighted by Crippen LogP contribution is 2.30. The Morgan fingerprint density at radius 1 is 1.23 bits per heavy atom. The summed E-state index contributed by atoms with van der Waals surface area (Å²) in [6.45, 7) is 2.76. The summed E-state index contributed by atoms with van der Waals surface area (Å²) in [7, 11) is 0. The van der Waals surface area contributed by atoms with Gasteiger partial charge in [0, 0.05) is 18.9 Å². The molecule has 3 heterocycles. The Hall–Kier alpha value is -3.68. The molecule has 2 N–H and O–H groups in total. The van der Waals surface area contributed by atoms with Crippen molar-refractivity contribution in [3.63, 3.8) is 0 Å². The number of aromatic nitrogens is 3. The Kier molecular flexibility index (Phi) is 5.97. The lowest BCUT2D eigenvalue weighted by molar-refractivity contribution is 0.156. The lowest BCUT2D eigenvalue weighted by atomic mass is 9.98. The monoisotopic (exact) mass is 419 g/mol. The Labute approximate surface area is 179 Å². The molecule has 1 aromatic carbocycles. The number of nitrogens with one attached hydrogen (secondary N) is 1. The number of pyridine rings is 1. The fraction of sp³-hybridized carbons (Fsp3) is 0.304. The van der Waals surface area contributed by atoms with E-state index in [1.54, 1.807) is 18.3 Å². The summed E-state index contributed by atoms with van der Waals surface area (Å²) < 4.78 is 1.08. The van der Waals surface area contributed by atoms with Crippen molar-refractivity contribution in [3.8, 4) is 11.6 Å². The standard InChI is InChI=1S/C23H25N5O3/c1-2-16-8-10-18(11-9-16)28-22(30)19(21(29)26-23(28)31)15-25-27-13-4-3-7-20(27)17-6-5-12-24-14-17/h5-6,8-12,14-15,20,30H,2-4,7,13H2,1H3,(H,26,29,31)/b25-15+.